The average Bonchev–Trinajstić information content (AvgIpc) is 3.06. The molecule has 0 aromatic carbocycles. The van der Waals surface area contributed by atoms with Crippen LogP contribution >= 0.6 is 0 Å². The maximum absolute atomic E-state index is 12.5. The smallest absolute Gasteiger partial charge is 0.325 e. The first-order chi connectivity index (χ1) is 13.8. The Morgan fingerprint density at radius 2 is 1.59 bits per heavy atom. The van der Waals surface area contributed by atoms with Gasteiger partial charge in [0.1, 0.15) is 5.82 Å². The largest absolute Gasteiger partial charge is 0.332 e. The first-order valence-electron chi connectivity index (χ1n) is 10.2. The van der Waals surface area contributed by atoms with Crippen LogP contribution in [0.3, 0.4) is 0 Å². The monoisotopic (exact) mass is 405 g/mol. The summed E-state index contributed by atoms with van der Waals surface area (Å²) in [6.07, 6.45) is 0.673. The van der Waals surface area contributed by atoms with Crippen molar-refractivity contribution in [1.29, 1.82) is 0 Å². The van der Waals surface area contributed by atoms with Crippen LogP contribution in [0.4, 0.5) is 4.79 Å². The van der Waals surface area contributed by atoms with Crippen LogP contribution in [0, 0.1) is 0 Å². The van der Waals surface area contributed by atoms with E-state index in [1.807, 2.05) is 30.7 Å². The molecule has 0 spiro atoms. The van der Waals surface area contributed by atoms with Crippen molar-refractivity contribution in [3.63, 3.8) is 0 Å². The van der Waals surface area contributed by atoms with Crippen molar-refractivity contribution in [3.8, 4) is 0 Å². The molecule has 0 N–H and O–H groups in total. The number of rotatable bonds is 5. The van der Waals surface area contributed by atoms with Gasteiger partial charge < -0.3 is 14.4 Å². The molecule has 10 nitrogen and oxygen atoms in total. The van der Waals surface area contributed by atoms with E-state index in [4.69, 9.17) is 0 Å². The lowest BCUT2D eigenvalue weighted by Crippen LogP contribution is -2.53. The molecule has 2 aromatic rings. The number of carbonyl (C=O) groups is 1. The Labute approximate surface area is 169 Å². The highest BCUT2D eigenvalue weighted by molar-refractivity contribution is 5.74. The Morgan fingerprint density at radius 3 is 2.17 bits per heavy atom. The fourth-order valence-electron chi connectivity index (χ4n) is 3.90. The van der Waals surface area contributed by atoms with E-state index >= 15 is 0 Å². The van der Waals surface area contributed by atoms with Crippen molar-refractivity contribution in [1.82, 2.24) is 33.4 Å². The fourth-order valence-corrected chi connectivity index (χ4v) is 3.90. The molecule has 3 heterocycles. The second kappa shape index (κ2) is 8.40. The Balaban J connectivity index is 1.67. The van der Waals surface area contributed by atoms with Crippen LogP contribution in [-0.2, 0) is 27.6 Å². The zero-order valence-corrected chi connectivity index (χ0v) is 18.0. The SMILES string of the molecule is CCN(CC)C(=O)N1CCN(CCc2nc3c(c(=O)n(C)c(=O)n3C)n2C)CC1. The van der Waals surface area contributed by atoms with Gasteiger partial charge in [0.25, 0.3) is 5.56 Å². The second-order valence-corrected chi connectivity index (χ2v) is 7.50. The quantitative estimate of drug-likeness (QED) is 0.675. The molecule has 1 aliphatic rings. The number of hydrogen-bond acceptors (Lipinski definition) is 5. The van der Waals surface area contributed by atoms with E-state index in [2.05, 4.69) is 9.88 Å². The zero-order chi connectivity index (χ0) is 21.3. The lowest BCUT2D eigenvalue weighted by atomic mass is 10.3. The predicted molar refractivity (Wildman–Crippen MR) is 111 cm³/mol. The van der Waals surface area contributed by atoms with Gasteiger partial charge in [0.15, 0.2) is 11.2 Å². The van der Waals surface area contributed by atoms with E-state index in [-0.39, 0.29) is 17.3 Å². The molecule has 0 unspecified atom stereocenters. The first-order valence-corrected chi connectivity index (χ1v) is 10.2. The van der Waals surface area contributed by atoms with Gasteiger partial charge in [-0.2, -0.15) is 0 Å². The lowest BCUT2D eigenvalue weighted by Gasteiger charge is -2.37. The molecule has 2 aromatic heterocycles. The van der Waals surface area contributed by atoms with E-state index in [1.54, 1.807) is 11.6 Å². The molecule has 10 heteroatoms. The highest BCUT2D eigenvalue weighted by Crippen LogP contribution is 2.11. The van der Waals surface area contributed by atoms with Gasteiger partial charge in [-0.05, 0) is 13.8 Å². The van der Waals surface area contributed by atoms with Crippen molar-refractivity contribution >= 4 is 17.2 Å². The summed E-state index contributed by atoms with van der Waals surface area (Å²) in [4.78, 5) is 47.7. The third kappa shape index (κ3) is 3.81. The van der Waals surface area contributed by atoms with Crippen LogP contribution in [0.2, 0.25) is 0 Å². The third-order valence-electron chi connectivity index (χ3n) is 5.90. The van der Waals surface area contributed by atoms with E-state index < -0.39 is 0 Å². The fraction of sp³-hybridized carbons (Fsp3) is 0.684. The van der Waals surface area contributed by atoms with Crippen molar-refractivity contribution in [2.45, 2.75) is 20.3 Å². The molecule has 0 saturated carbocycles. The molecule has 1 aliphatic heterocycles. The summed E-state index contributed by atoms with van der Waals surface area (Å²) in [6.45, 7) is 9.30. The Morgan fingerprint density at radius 1 is 0.966 bits per heavy atom. The number of fused-ring (bicyclic) bond motifs is 1. The zero-order valence-electron chi connectivity index (χ0n) is 18.0. The molecule has 2 amide bonds. The maximum Gasteiger partial charge on any atom is 0.332 e. The van der Waals surface area contributed by atoms with E-state index in [0.29, 0.717) is 30.7 Å². The normalized spacial score (nSPS) is 15.3. The molecule has 0 radical (unpaired) electrons. The summed E-state index contributed by atoms with van der Waals surface area (Å²) in [5.41, 5.74) is 0.165. The summed E-state index contributed by atoms with van der Waals surface area (Å²) in [5.74, 6) is 0.778. The second-order valence-electron chi connectivity index (χ2n) is 7.50. The van der Waals surface area contributed by atoms with Crippen LogP contribution < -0.4 is 11.2 Å². The number of amides is 2. The van der Waals surface area contributed by atoms with Gasteiger partial charge >= 0.3 is 11.7 Å². The molecule has 0 aliphatic carbocycles. The Bertz CT molecular complexity index is 1010. The standard InChI is InChI=1S/C19H31N7O3/c1-6-25(7-2)19(29)26-12-10-24(11-13-26)9-8-14-20-16-15(21(14)3)17(27)23(5)18(28)22(16)4/h6-13H2,1-5H3. The number of nitrogens with zero attached hydrogens (tertiary/aromatic N) is 7. The van der Waals surface area contributed by atoms with Gasteiger partial charge in [0, 0.05) is 73.4 Å². The van der Waals surface area contributed by atoms with Crippen LogP contribution in [0.15, 0.2) is 9.59 Å². The Kier molecular flexibility index (Phi) is 6.11. The lowest BCUT2D eigenvalue weighted by molar-refractivity contribution is 0.115. The molecule has 1 fully saturated rings. The van der Waals surface area contributed by atoms with Gasteiger partial charge in [-0.25, -0.2) is 14.6 Å². The number of carbonyl (C=O) groups excluding carboxylic acids is 1. The molecule has 0 bridgehead atoms. The predicted octanol–water partition coefficient (Wildman–Crippen LogP) is -0.407. The maximum atomic E-state index is 12.5. The molecule has 0 atom stereocenters. The van der Waals surface area contributed by atoms with Crippen LogP contribution in [0.5, 0.6) is 0 Å². The van der Waals surface area contributed by atoms with Crippen LogP contribution in [0.1, 0.15) is 19.7 Å². The molecule has 3 rings (SSSR count). The molecular weight excluding hydrogens is 374 g/mol. The van der Waals surface area contributed by atoms with Gasteiger partial charge in [0.05, 0.1) is 0 Å². The van der Waals surface area contributed by atoms with Gasteiger partial charge in [-0.1, -0.05) is 0 Å². The van der Waals surface area contributed by atoms with E-state index in [9.17, 15) is 14.4 Å². The molecule has 160 valence electrons. The van der Waals surface area contributed by atoms with Crippen molar-refractivity contribution < 1.29 is 4.79 Å². The van der Waals surface area contributed by atoms with Crippen molar-refractivity contribution in [3.05, 3.63) is 26.7 Å². The number of imidazole rings is 1. The number of hydrogen-bond donors (Lipinski definition) is 0. The number of urea groups is 1. The average molecular weight is 406 g/mol. The Hall–Kier alpha value is -2.62. The van der Waals surface area contributed by atoms with E-state index in [0.717, 1.165) is 43.1 Å². The van der Waals surface area contributed by atoms with Crippen LogP contribution in [-0.4, -0.2) is 85.2 Å². The minimum Gasteiger partial charge on any atom is -0.325 e. The van der Waals surface area contributed by atoms with Crippen molar-refractivity contribution in [2.75, 3.05) is 45.8 Å². The van der Waals surface area contributed by atoms with Crippen molar-refractivity contribution in [2.24, 2.45) is 21.1 Å². The van der Waals surface area contributed by atoms with Gasteiger partial charge in [-0.3, -0.25) is 18.8 Å². The summed E-state index contributed by atoms with van der Waals surface area (Å²) < 4.78 is 4.31. The molecule has 29 heavy (non-hydrogen) atoms. The number of aromatic nitrogens is 4. The van der Waals surface area contributed by atoms with E-state index in [1.165, 1.54) is 11.6 Å². The number of aryl methyl sites for hydroxylation is 2. The summed E-state index contributed by atoms with van der Waals surface area (Å²) >= 11 is 0. The third-order valence-corrected chi connectivity index (χ3v) is 5.90. The van der Waals surface area contributed by atoms with Crippen LogP contribution in [0.25, 0.3) is 11.2 Å². The first kappa shape index (κ1) is 21.1. The minimum absolute atomic E-state index is 0.113. The summed E-state index contributed by atoms with van der Waals surface area (Å²) in [6, 6.07) is 0.113. The summed E-state index contributed by atoms with van der Waals surface area (Å²) in [7, 11) is 4.93. The van der Waals surface area contributed by atoms with Gasteiger partial charge in [0.2, 0.25) is 0 Å². The molecule has 1 saturated heterocycles. The topological polar surface area (TPSA) is 88.6 Å². The van der Waals surface area contributed by atoms with Gasteiger partial charge in [-0.15, -0.1) is 0 Å². The highest BCUT2D eigenvalue weighted by Gasteiger charge is 2.24. The molecular formula is C19H31N7O3. The minimum atomic E-state index is -0.374. The summed E-state index contributed by atoms with van der Waals surface area (Å²) in [5, 5.41) is 0. The number of piperazine rings is 1. The highest BCUT2D eigenvalue weighted by atomic mass is 16.2.